The Hall–Kier alpha value is -5.34. The molecule has 2 amide bonds. The highest BCUT2D eigenvalue weighted by molar-refractivity contribution is 8.00. The van der Waals surface area contributed by atoms with E-state index >= 15 is 0 Å². The minimum absolute atomic E-state index is 0.117. The number of carbonyl (C=O) groups excluding carboxylic acids is 4. The Morgan fingerprint density at radius 3 is 2.30 bits per heavy atom. The van der Waals surface area contributed by atoms with Crippen LogP contribution in [0.5, 0.6) is 5.75 Å². The lowest BCUT2D eigenvalue weighted by molar-refractivity contribution is -0.121. The highest BCUT2D eigenvalue weighted by atomic mass is 32.2. The minimum Gasteiger partial charge on any atom is -0.497 e. The second-order valence-corrected chi connectivity index (χ2v) is 10.5. The van der Waals surface area contributed by atoms with Crippen LogP contribution in [0.1, 0.15) is 32.7 Å². The van der Waals surface area contributed by atoms with Gasteiger partial charge in [-0.15, -0.1) is 0 Å². The molecule has 214 valence electrons. The number of methoxy groups -OCH3 is 1. The molecule has 43 heavy (non-hydrogen) atoms. The van der Waals surface area contributed by atoms with E-state index in [1.54, 1.807) is 48.5 Å². The molecule has 1 fully saturated rings. The van der Waals surface area contributed by atoms with Crippen molar-refractivity contribution in [1.29, 1.82) is 5.26 Å². The Morgan fingerprint density at radius 2 is 1.65 bits per heavy atom. The van der Waals surface area contributed by atoms with Gasteiger partial charge in [0.15, 0.2) is 12.4 Å². The van der Waals surface area contributed by atoms with Gasteiger partial charge in [0.25, 0.3) is 0 Å². The molecule has 3 aromatic carbocycles. The fraction of sp³-hybridized carbons (Fsp3) is 0.125. The van der Waals surface area contributed by atoms with Crippen LogP contribution in [0.15, 0.2) is 90.0 Å². The summed E-state index contributed by atoms with van der Waals surface area (Å²) in [5.41, 5.74) is 2.12. The number of halogens is 1. The number of carbonyl (C=O) groups is 4. The third-order valence-electron chi connectivity index (χ3n) is 6.59. The molecule has 0 bridgehead atoms. The van der Waals surface area contributed by atoms with E-state index in [0.29, 0.717) is 22.6 Å². The number of pyridine rings is 1. The normalized spacial score (nSPS) is 14.3. The number of hydrogen-bond donors (Lipinski definition) is 0. The number of aromatic nitrogens is 1. The topological polar surface area (TPSA) is 127 Å². The number of Topliss-reactive ketones (excluding diaryl/α,β-unsaturated/α-hetero) is 1. The van der Waals surface area contributed by atoms with Crippen molar-refractivity contribution in [2.45, 2.75) is 16.7 Å². The molecule has 1 aliphatic rings. The molecule has 5 rings (SSSR count). The first-order valence-electron chi connectivity index (χ1n) is 12.9. The quantitative estimate of drug-likeness (QED) is 0.145. The van der Waals surface area contributed by atoms with Gasteiger partial charge in [0, 0.05) is 17.5 Å². The number of hydrogen-bond acceptors (Lipinski definition) is 9. The Balaban J connectivity index is 1.24. The monoisotopic (exact) mass is 595 g/mol. The van der Waals surface area contributed by atoms with Crippen molar-refractivity contribution in [2.24, 2.45) is 0 Å². The second kappa shape index (κ2) is 12.7. The SMILES string of the molecule is COc1ccc(C(=O)COC(=O)c2ccc(N3C(=O)CC(Sc4nc(-c5ccc(F)cc5)ccc4C#N)C3=O)cc2)cc1. The number of benzene rings is 3. The van der Waals surface area contributed by atoms with Crippen LogP contribution < -0.4 is 9.64 Å². The number of thioether (sulfide) groups is 1. The van der Waals surface area contributed by atoms with E-state index < -0.39 is 35.5 Å². The number of esters is 1. The van der Waals surface area contributed by atoms with E-state index in [9.17, 15) is 28.8 Å². The Morgan fingerprint density at radius 1 is 0.977 bits per heavy atom. The van der Waals surface area contributed by atoms with E-state index in [1.165, 1.54) is 43.5 Å². The van der Waals surface area contributed by atoms with Crippen molar-refractivity contribution in [3.8, 4) is 23.1 Å². The number of rotatable bonds is 9. The molecule has 0 radical (unpaired) electrons. The van der Waals surface area contributed by atoms with Crippen LogP contribution in [-0.4, -0.2) is 47.5 Å². The van der Waals surface area contributed by atoms with Crippen LogP contribution in [0, 0.1) is 17.1 Å². The van der Waals surface area contributed by atoms with Crippen molar-refractivity contribution < 1.29 is 33.0 Å². The summed E-state index contributed by atoms with van der Waals surface area (Å²) in [5.74, 6) is -1.87. The van der Waals surface area contributed by atoms with Gasteiger partial charge in [0.1, 0.15) is 22.7 Å². The predicted octanol–water partition coefficient (Wildman–Crippen LogP) is 5.23. The molecule has 1 unspecified atom stereocenters. The third-order valence-corrected chi connectivity index (χ3v) is 7.77. The maximum atomic E-state index is 13.4. The second-order valence-electron chi connectivity index (χ2n) is 9.32. The van der Waals surface area contributed by atoms with Crippen LogP contribution in [-0.2, 0) is 14.3 Å². The molecule has 0 aliphatic carbocycles. The van der Waals surface area contributed by atoms with Crippen LogP contribution in [0.4, 0.5) is 10.1 Å². The molecule has 2 heterocycles. The molecule has 0 saturated carbocycles. The van der Waals surface area contributed by atoms with Gasteiger partial charge in [0.2, 0.25) is 11.8 Å². The standard InChI is InChI=1S/C32H22FN3O6S/c1-41-25-13-6-20(7-14-25)27(37)18-42-32(40)21-4-11-24(12-5-21)36-29(38)16-28(31(36)39)43-30-22(17-34)8-15-26(35-30)19-2-9-23(33)10-3-19/h2-15,28H,16,18H2,1H3. The van der Waals surface area contributed by atoms with Gasteiger partial charge < -0.3 is 9.47 Å². The molecule has 11 heteroatoms. The largest absolute Gasteiger partial charge is 0.497 e. The van der Waals surface area contributed by atoms with E-state index in [-0.39, 0.29) is 34.0 Å². The number of ether oxygens (including phenoxy) is 2. The van der Waals surface area contributed by atoms with Crippen molar-refractivity contribution in [3.63, 3.8) is 0 Å². The van der Waals surface area contributed by atoms with E-state index in [1.807, 2.05) is 0 Å². The number of ketones is 1. The average molecular weight is 596 g/mol. The smallest absolute Gasteiger partial charge is 0.338 e. The maximum Gasteiger partial charge on any atom is 0.338 e. The van der Waals surface area contributed by atoms with Gasteiger partial charge in [-0.3, -0.25) is 14.4 Å². The number of nitrogens with zero attached hydrogens (tertiary/aromatic N) is 3. The van der Waals surface area contributed by atoms with Gasteiger partial charge in [-0.1, -0.05) is 11.8 Å². The highest BCUT2D eigenvalue weighted by Crippen LogP contribution is 2.35. The number of nitriles is 1. The summed E-state index contributed by atoms with van der Waals surface area (Å²) in [6.07, 6.45) is -0.117. The first-order valence-corrected chi connectivity index (χ1v) is 13.8. The van der Waals surface area contributed by atoms with Crippen molar-refractivity contribution >= 4 is 41.0 Å². The summed E-state index contributed by atoms with van der Waals surface area (Å²) >= 11 is 1.01. The van der Waals surface area contributed by atoms with Crippen LogP contribution in [0.25, 0.3) is 11.3 Å². The summed E-state index contributed by atoms with van der Waals surface area (Å²) in [5, 5.41) is 9.03. The predicted molar refractivity (Wildman–Crippen MR) is 155 cm³/mol. The first kappa shape index (κ1) is 29.2. The molecule has 9 nitrogen and oxygen atoms in total. The molecule has 4 aromatic rings. The Kier molecular flexibility index (Phi) is 8.59. The van der Waals surface area contributed by atoms with Gasteiger partial charge in [-0.25, -0.2) is 19.1 Å². The van der Waals surface area contributed by atoms with E-state index in [4.69, 9.17) is 9.47 Å². The van der Waals surface area contributed by atoms with E-state index in [0.717, 1.165) is 16.7 Å². The summed E-state index contributed by atoms with van der Waals surface area (Å²) in [6.45, 7) is -0.462. The Bertz CT molecular complexity index is 1750. The van der Waals surface area contributed by atoms with Gasteiger partial charge in [-0.2, -0.15) is 5.26 Å². The molecule has 1 aromatic heterocycles. The minimum atomic E-state index is -0.829. The van der Waals surface area contributed by atoms with Crippen LogP contribution >= 0.6 is 11.8 Å². The molecule has 1 atom stereocenters. The first-order chi connectivity index (χ1) is 20.8. The number of amides is 2. The zero-order valence-electron chi connectivity index (χ0n) is 22.7. The van der Waals surface area contributed by atoms with Crippen LogP contribution in [0.3, 0.4) is 0 Å². The fourth-order valence-electron chi connectivity index (χ4n) is 4.32. The van der Waals surface area contributed by atoms with Crippen molar-refractivity contribution in [1.82, 2.24) is 4.98 Å². The average Bonchev–Trinajstić information content (AvgIpc) is 3.31. The maximum absolute atomic E-state index is 13.4. The highest BCUT2D eigenvalue weighted by Gasteiger charge is 2.41. The van der Waals surface area contributed by atoms with Gasteiger partial charge in [-0.05, 0) is 84.9 Å². The van der Waals surface area contributed by atoms with Crippen molar-refractivity contribution in [3.05, 3.63) is 107 Å². The molecular weight excluding hydrogens is 573 g/mol. The summed E-state index contributed by atoms with van der Waals surface area (Å²) in [4.78, 5) is 56.5. The lowest BCUT2D eigenvalue weighted by atomic mass is 10.1. The molecule has 0 spiro atoms. The van der Waals surface area contributed by atoms with Gasteiger partial charge in [0.05, 0.1) is 34.9 Å². The fourth-order valence-corrected chi connectivity index (χ4v) is 5.41. The number of anilines is 1. The third kappa shape index (κ3) is 6.45. The lowest BCUT2D eigenvalue weighted by Crippen LogP contribution is -2.31. The summed E-state index contributed by atoms with van der Waals surface area (Å²) in [7, 11) is 1.51. The number of imide groups is 1. The molecule has 0 N–H and O–H groups in total. The summed E-state index contributed by atoms with van der Waals surface area (Å²) in [6, 6.07) is 23.0. The van der Waals surface area contributed by atoms with Crippen LogP contribution in [0.2, 0.25) is 0 Å². The van der Waals surface area contributed by atoms with E-state index in [2.05, 4.69) is 11.1 Å². The summed E-state index contributed by atoms with van der Waals surface area (Å²) < 4.78 is 23.6. The zero-order valence-corrected chi connectivity index (χ0v) is 23.5. The zero-order chi connectivity index (χ0) is 30.5. The molecule has 1 aliphatic heterocycles. The van der Waals surface area contributed by atoms with Gasteiger partial charge >= 0.3 is 5.97 Å². The Labute approximate surface area is 249 Å². The molecular formula is C32H22FN3O6S. The molecule has 1 saturated heterocycles. The lowest BCUT2D eigenvalue weighted by Gasteiger charge is -2.15. The van der Waals surface area contributed by atoms with Crippen molar-refractivity contribution in [2.75, 3.05) is 18.6 Å².